The maximum atomic E-state index is 10.3. The molecule has 17 heavy (non-hydrogen) atoms. The second-order valence-corrected chi connectivity index (χ2v) is 5.93. The average molecular weight is 239 g/mol. The lowest BCUT2D eigenvalue weighted by Crippen LogP contribution is -2.45. The highest BCUT2D eigenvalue weighted by Gasteiger charge is 2.26. The molecule has 2 unspecified atom stereocenters. The standard InChI is InChI=1S/C15H29NO/c17-15-11-7-3-2-6-10-14(15)16-12-8-4-1-5-9-13-16/h14-15,17H,1-13H2. The van der Waals surface area contributed by atoms with E-state index in [1.165, 1.54) is 77.3 Å². The molecule has 1 aliphatic heterocycles. The number of hydrogen-bond acceptors (Lipinski definition) is 2. The van der Waals surface area contributed by atoms with Gasteiger partial charge in [-0.3, -0.25) is 4.90 Å². The Kier molecular flexibility index (Phi) is 5.79. The van der Waals surface area contributed by atoms with E-state index in [1.807, 2.05) is 0 Å². The van der Waals surface area contributed by atoms with Crippen molar-refractivity contribution in [3.63, 3.8) is 0 Å². The molecule has 0 aromatic heterocycles. The molecular formula is C15H29NO. The third-order valence-corrected chi connectivity index (χ3v) is 4.55. The summed E-state index contributed by atoms with van der Waals surface area (Å²) < 4.78 is 0. The summed E-state index contributed by atoms with van der Waals surface area (Å²) in [4.78, 5) is 2.61. The van der Waals surface area contributed by atoms with E-state index < -0.39 is 0 Å². The highest BCUT2D eigenvalue weighted by atomic mass is 16.3. The van der Waals surface area contributed by atoms with Crippen LogP contribution in [0.2, 0.25) is 0 Å². The number of aliphatic hydroxyl groups excluding tert-OH is 1. The van der Waals surface area contributed by atoms with Gasteiger partial charge in [0.25, 0.3) is 0 Å². The lowest BCUT2D eigenvalue weighted by molar-refractivity contribution is 0.0273. The summed E-state index contributed by atoms with van der Waals surface area (Å²) in [6.45, 7) is 2.45. The Morgan fingerprint density at radius 2 is 1.18 bits per heavy atom. The Morgan fingerprint density at radius 3 is 1.88 bits per heavy atom. The third-order valence-electron chi connectivity index (χ3n) is 4.55. The predicted octanol–water partition coefficient (Wildman–Crippen LogP) is 3.34. The minimum absolute atomic E-state index is 0.0604. The number of nitrogens with zero attached hydrogens (tertiary/aromatic N) is 1. The van der Waals surface area contributed by atoms with E-state index in [1.54, 1.807) is 0 Å². The maximum absolute atomic E-state index is 10.3. The second kappa shape index (κ2) is 7.38. The first kappa shape index (κ1) is 13.4. The Bertz CT molecular complexity index is 199. The van der Waals surface area contributed by atoms with Gasteiger partial charge in [0.15, 0.2) is 0 Å². The van der Waals surface area contributed by atoms with Gasteiger partial charge in [-0.15, -0.1) is 0 Å². The molecule has 2 rings (SSSR count). The van der Waals surface area contributed by atoms with Crippen LogP contribution in [0, 0.1) is 0 Å². The van der Waals surface area contributed by atoms with Gasteiger partial charge in [0.05, 0.1) is 6.10 Å². The van der Waals surface area contributed by atoms with Gasteiger partial charge in [-0.25, -0.2) is 0 Å². The summed E-state index contributed by atoms with van der Waals surface area (Å²) in [5.41, 5.74) is 0. The first-order valence-corrected chi connectivity index (χ1v) is 7.80. The minimum Gasteiger partial charge on any atom is -0.391 e. The van der Waals surface area contributed by atoms with Crippen molar-refractivity contribution in [2.24, 2.45) is 0 Å². The van der Waals surface area contributed by atoms with E-state index in [2.05, 4.69) is 4.90 Å². The molecule has 2 atom stereocenters. The summed E-state index contributed by atoms with van der Waals surface area (Å²) in [7, 11) is 0. The normalized spacial score (nSPS) is 34.4. The van der Waals surface area contributed by atoms with Crippen molar-refractivity contribution in [1.82, 2.24) is 4.90 Å². The summed E-state index contributed by atoms with van der Waals surface area (Å²) in [5.74, 6) is 0. The third kappa shape index (κ3) is 4.26. The average Bonchev–Trinajstić information content (AvgIpc) is 2.26. The zero-order chi connectivity index (χ0) is 11.9. The van der Waals surface area contributed by atoms with Crippen LogP contribution >= 0.6 is 0 Å². The fourth-order valence-electron chi connectivity index (χ4n) is 3.47. The van der Waals surface area contributed by atoms with Crippen LogP contribution in [0.5, 0.6) is 0 Å². The van der Waals surface area contributed by atoms with E-state index in [9.17, 15) is 5.11 Å². The zero-order valence-corrected chi connectivity index (χ0v) is 11.2. The van der Waals surface area contributed by atoms with Gasteiger partial charge in [0.1, 0.15) is 0 Å². The first-order chi connectivity index (χ1) is 8.38. The summed E-state index contributed by atoms with van der Waals surface area (Å²) in [6, 6.07) is 0.466. The molecule has 1 heterocycles. The second-order valence-electron chi connectivity index (χ2n) is 5.93. The largest absolute Gasteiger partial charge is 0.391 e. The monoisotopic (exact) mass is 239 g/mol. The maximum Gasteiger partial charge on any atom is 0.0695 e. The fraction of sp³-hybridized carbons (Fsp3) is 1.00. The molecule has 2 heteroatoms. The van der Waals surface area contributed by atoms with E-state index in [0.717, 1.165) is 6.42 Å². The molecule has 2 nitrogen and oxygen atoms in total. The van der Waals surface area contributed by atoms with Crippen molar-refractivity contribution in [2.45, 2.75) is 82.8 Å². The highest BCUT2D eigenvalue weighted by Crippen LogP contribution is 2.24. The van der Waals surface area contributed by atoms with Crippen LogP contribution in [-0.2, 0) is 0 Å². The lowest BCUT2D eigenvalue weighted by Gasteiger charge is -2.37. The van der Waals surface area contributed by atoms with E-state index >= 15 is 0 Å². The molecular weight excluding hydrogens is 210 g/mol. The summed E-state index contributed by atoms with van der Waals surface area (Å²) >= 11 is 0. The quantitative estimate of drug-likeness (QED) is 0.758. The molecule has 2 fully saturated rings. The number of hydrogen-bond donors (Lipinski definition) is 1. The predicted molar refractivity (Wildman–Crippen MR) is 72.2 cm³/mol. The molecule has 100 valence electrons. The lowest BCUT2D eigenvalue weighted by atomic mass is 9.92. The minimum atomic E-state index is -0.0604. The first-order valence-electron chi connectivity index (χ1n) is 7.80. The van der Waals surface area contributed by atoms with Crippen LogP contribution in [-0.4, -0.2) is 35.2 Å². The van der Waals surface area contributed by atoms with Gasteiger partial charge in [-0.05, 0) is 38.8 Å². The fourth-order valence-corrected chi connectivity index (χ4v) is 3.47. The van der Waals surface area contributed by atoms with Crippen LogP contribution < -0.4 is 0 Å². The molecule has 0 spiro atoms. The molecule has 0 amide bonds. The van der Waals surface area contributed by atoms with Crippen molar-refractivity contribution in [3.8, 4) is 0 Å². The Morgan fingerprint density at radius 1 is 0.647 bits per heavy atom. The van der Waals surface area contributed by atoms with Crippen LogP contribution in [0.4, 0.5) is 0 Å². The molecule has 1 saturated carbocycles. The molecule has 1 aliphatic carbocycles. The highest BCUT2D eigenvalue weighted by molar-refractivity contribution is 4.81. The molecule has 1 saturated heterocycles. The van der Waals surface area contributed by atoms with E-state index in [4.69, 9.17) is 0 Å². The van der Waals surface area contributed by atoms with Crippen LogP contribution in [0.1, 0.15) is 70.6 Å². The number of aliphatic hydroxyl groups is 1. The van der Waals surface area contributed by atoms with Crippen molar-refractivity contribution in [2.75, 3.05) is 13.1 Å². The van der Waals surface area contributed by atoms with E-state index in [0.29, 0.717) is 6.04 Å². The summed E-state index contributed by atoms with van der Waals surface area (Å²) in [5, 5.41) is 10.3. The van der Waals surface area contributed by atoms with Crippen molar-refractivity contribution in [3.05, 3.63) is 0 Å². The molecule has 0 aromatic rings. The van der Waals surface area contributed by atoms with Crippen molar-refractivity contribution < 1.29 is 5.11 Å². The number of likely N-dealkylation sites (tertiary alicyclic amines) is 1. The van der Waals surface area contributed by atoms with E-state index in [-0.39, 0.29) is 6.10 Å². The van der Waals surface area contributed by atoms with Gasteiger partial charge < -0.3 is 5.11 Å². The van der Waals surface area contributed by atoms with Crippen LogP contribution in [0.15, 0.2) is 0 Å². The Labute approximate surface area is 106 Å². The van der Waals surface area contributed by atoms with Gasteiger partial charge in [0, 0.05) is 6.04 Å². The molecule has 2 aliphatic rings. The number of rotatable bonds is 1. The zero-order valence-electron chi connectivity index (χ0n) is 11.2. The van der Waals surface area contributed by atoms with Gasteiger partial charge in [-0.2, -0.15) is 0 Å². The van der Waals surface area contributed by atoms with Crippen LogP contribution in [0.3, 0.4) is 0 Å². The van der Waals surface area contributed by atoms with Gasteiger partial charge in [-0.1, -0.05) is 44.9 Å². The van der Waals surface area contributed by atoms with Crippen molar-refractivity contribution >= 4 is 0 Å². The molecule has 0 aromatic carbocycles. The van der Waals surface area contributed by atoms with Gasteiger partial charge in [0.2, 0.25) is 0 Å². The summed E-state index contributed by atoms with van der Waals surface area (Å²) in [6.07, 6.45) is 14.3. The van der Waals surface area contributed by atoms with Crippen molar-refractivity contribution in [1.29, 1.82) is 0 Å². The Balaban J connectivity index is 1.90. The topological polar surface area (TPSA) is 23.5 Å². The molecule has 1 N–H and O–H groups in total. The smallest absolute Gasteiger partial charge is 0.0695 e. The van der Waals surface area contributed by atoms with Gasteiger partial charge >= 0.3 is 0 Å². The Hall–Kier alpha value is -0.0800. The SMILES string of the molecule is OC1CCCCCCC1N1CCCCCCC1. The molecule has 0 radical (unpaired) electrons. The van der Waals surface area contributed by atoms with Crippen LogP contribution in [0.25, 0.3) is 0 Å². The molecule has 0 bridgehead atoms.